The average Bonchev–Trinajstić information content (AvgIpc) is 2.38. The van der Waals surface area contributed by atoms with Crippen molar-refractivity contribution >= 4 is 17.7 Å². The number of anilines is 1. The molecule has 18 heavy (non-hydrogen) atoms. The Morgan fingerprint density at radius 1 is 1.44 bits per heavy atom. The summed E-state index contributed by atoms with van der Waals surface area (Å²) in [7, 11) is 0. The minimum absolute atomic E-state index is 0.261. The summed E-state index contributed by atoms with van der Waals surface area (Å²) in [4.78, 5) is 22.5. The first-order valence-electron chi connectivity index (χ1n) is 5.79. The predicted molar refractivity (Wildman–Crippen MR) is 64.1 cm³/mol. The number of hydrogen-bond donors (Lipinski definition) is 0. The van der Waals surface area contributed by atoms with Crippen LogP contribution in [0.4, 0.5) is 15.8 Å². The van der Waals surface area contributed by atoms with Gasteiger partial charge in [0, 0.05) is 12.6 Å². The van der Waals surface area contributed by atoms with E-state index in [4.69, 9.17) is 0 Å². The molecule has 0 spiro atoms. The zero-order valence-corrected chi connectivity index (χ0v) is 9.71. The van der Waals surface area contributed by atoms with E-state index in [0.29, 0.717) is 13.0 Å². The fraction of sp³-hybridized carbons (Fsp3) is 0.417. The van der Waals surface area contributed by atoms with Crippen LogP contribution in [0.3, 0.4) is 0 Å². The molecule has 1 aromatic rings. The van der Waals surface area contributed by atoms with Gasteiger partial charge in [0.1, 0.15) is 6.29 Å². The van der Waals surface area contributed by atoms with Crippen molar-refractivity contribution in [2.24, 2.45) is 0 Å². The molecule has 1 aromatic carbocycles. The Labute approximate surface area is 103 Å². The number of nitrogens with zero attached hydrogens (tertiary/aromatic N) is 2. The third-order valence-electron chi connectivity index (χ3n) is 3.16. The largest absolute Gasteiger partial charge is 0.359 e. The minimum Gasteiger partial charge on any atom is -0.359 e. The molecule has 5 nitrogen and oxygen atoms in total. The van der Waals surface area contributed by atoms with Gasteiger partial charge in [0.25, 0.3) is 5.69 Å². The second-order valence-corrected chi connectivity index (χ2v) is 4.29. The van der Waals surface area contributed by atoms with Gasteiger partial charge in [-0.1, -0.05) is 0 Å². The van der Waals surface area contributed by atoms with Crippen molar-refractivity contribution in [3.05, 3.63) is 34.1 Å². The van der Waals surface area contributed by atoms with Gasteiger partial charge in [0.2, 0.25) is 0 Å². The first-order valence-corrected chi connectivity index (χ1v) is 5.79. The first-order chi connectivity index (χ1) is 8.63. The molecule has 1 unspecified atom stereocenters. The summed E-state index contributed by atoms with van der Waals surface area (Å²) < 4.78 is 13.8. The molecule has 96 valence electrons. The maximum absolute atomic E-state index is 13.8. The highest BCUT2D eigenvalue weighted by Crippen LogP contribution is 2.28. The summed E-state index contributed by atoms with van der Waals surface area (Å²) in [5.41, 5.74) is -0.0201. The van der Waals surface area contributed by atoms with Crippen LogP contribution in [0.15, 0.2) is 18.2 Å². The standard InChI is InChI=1S/C12H13FN2O3/c13-11-7-9(15(17)18)4-5-12(11)14-6-2-1-3-10(14)8-16/h4-5,7-8,10H,1-3,6H2. The fourth-order valence-corrected chi connectivity index (χ4v) is 2.24. The van der Waals surface area contributed by atoms with E-state index < -0.39 is 10.7 Å². The quantitative estimate of drug-likeness (QED) is 0.470. The summed E-state index contributed by atoms with van der Waals surface area (Å²) in [6, 6.07) is 3.19. The van der Waals surface area contributed by atoms with Crippen molar-refractivity contribution in [2.45, 2.75) is 25.3 Å². The molecular weight excluding hydrogens is 239 g/mol. The zero-order valence-electron chi connectivity index (χ0n) is 9.71. The lowest BCUT2D eigenvalue weighted by atomic mass is 10.0. The molecule has 0 radical (unpaired) electrons. The van der Waals surface area contributed by atoms with E-state index in [9.17, 15) is 19.3 Å². The lowest BCUT2D eigenvalue weighted by Gasteiger charge is -2.34. The fourth-order valence-electron chi connectivity index (χ4n) is 2.24. The van der Waals surface area contributed by atoms with E-state index in [-0.39, 0.29) is 17.4 Å². The molecule has 2 rings (SSSR count). The van der Waals surface area contributed by atoms with Crippen LogP contribution in [-0.4, -0.2) is 23.8 Å². The molecule has 1 aliphatic rings. The van der Waals surface area contributed by atoms with Gasteiger partial charge in [0.05, 0.1) is 22.7 Å². The van der Waals surface area contributed by atoms with E-state index in [2.05, 4.69) is 0 Å². The number of nitro groups is 1. The van der Waals surface area contributed by atoms with Gasteiger partial charge in [0.15, 0.2) is 5.82 Å². The van der Waals surface area contributed by atoms with Crippen LogP contribution in [0.2, 0.25) is 0 Å². The smallest absolute Gasteiger partial charge is 0.272 e. The van der Waals surface area contributed by atoms with Crippen LogP contribution in [0, 0.1) is 15.9 Å². The summed E-state index contributed by atoms with van der Waals surface area (Å²) in [6.45, 7) is 0.595. The van der Waals surface area contributed by atoms with Crippen molar-refractivity contribution in [3.8, 4) is 0 Å². The van der Waals surface area contributed by atoms with Gasteiger partial charge in [-0.25, -0.2) is 4.39 Å². The molecule has 1 heterocycles. The second-order valence-electron chi connectivity index (χ2n) is 4.29. The number of non-ortho nitro benzene ring substituents is 1. The normalized spacial score (nSPS) is 19.6. The van der Waals surface area contributed by atoms with Gasteiger partial charge in [-0.2, -0.15) is 0 Å². The number of halogens is 1. The van der Waals surface area contributed by atoms with Crippen LogP contribution in [0.1, 0.15) is 19.3 Å². The molecule has 0 bridgehead atoms. The monoisotopic (exact) mass is 252 g/mol. The number of benzene rings is 1. The highest BCUT2D eigenvalue weighted by molar-refractivity contribution is 5.67. The first kappa shape index (κ1) is 12.5. The van der Waals surface area contributed by atoms with Crippen LogP contribution in [0.5, 0.6) is 0 Å². The molecule has 0 amide bonds. The minimum atomic E-state index is -0.655. The summed E-state index contributed by atoms with van der Waals surface area (Å²) in [5, 5.41) is 10.5. The molecule has 0 aromatic heterocycles. The molecule has 0 aliphatic carbocycles. The Morgan fingerprint density at radius 2 is 2.22 bits per heavy atom. The van der Waals surface area contributed by atoms with Crippen molar-refractivity contribution in [3.63, 3.8) is 0 Å². The Hall–Kier alpha value is -1.98. The lowest BCUT2D eigenvalue weighted by Crippen LogP contribution is -2.41. The number of carbonyl (C=O) groups excluding carboxylic acids is 1. The molecule has 1 aliphatic heterocycles. The van der Waals surface area contributed by atoms with E-state index in [1.807, 2.05) is 0 Å². The summed E-state index contributed by atoms with van der Waals surface area (Å²) >= 11 is 0. The van der Waals surface area contributed by atoms with Crippen molar-refractivity contribution in [2.75, 3.05) is 11.4 Å². The van der Waals surface area contributed by atoms with E-state index in [1.165, 1.54) is 12.1 Å². The lowest BCUT2D eigenvalue weighted by molar-refractivity contribution is -0.385. The van der Waals surface area contributed by atoms with Gasteiger partial charge in [-0.3, -0.25) is 10.1 Å². The van der Waals surface area contributed by atoms with Crippen molar-refractivity contribution in [1.29, 1.82) is 0 Å². The van der Waals surface area contributed by atoms with Crippen LogP contribution >= 0.6 is 0 Å². The van der Waals surface area contributed by atoms with Crippen LogP contribution < -0.4 is 4.90 Å². The third kappa shape index (κ3) is 2.32. The van der Waals surface area contributed by atoms with Crippen molar-refractivity contribution in [1.82, 2.24) is 0 Å². The molecule has 1 fully saturated rings. The van der Waals surface area contributed by atoms with Gasteiger partial charge < -0.3 is 9.69 Å². The third-order valence-corrected chi connectivity index (χ3v) is 3.16. The predicted octanol–water partition coefficient (Wildman–Crippen LogP) is 2.29. The van der Waals surface area contributed by atoms with Crippen LogP contribution in [-0.2, 0) is 4.79 Å². The van der Waals surface area contributed by atoms with Gasteiger partial charge in [-0.05, 0) is 25.3 Å². The number of hydrogen-bond acceptors (Lipinski definition) is 4. The molecule has 1 saturated heterocycles. The van der Waals surface area contributed by atoms with E-state index in [0.717, 1.165) is 25.2 Å². The van der Waals surface area contributed by atoms with E-state index in [1.54, 1.807) is 4.90 Å². The van der Waals surface area contributed by atoms with Crippen LogP contribution in [0.25, 0.3) is 0 Å². The second kappa shape index (κ2) is 5.12. The molecule has 0 N–H and O–H groups in total. The number of carbonyl (C=O) groups is 1. The molecule has 6 heteroatoms. The van der Waals surface area contributed by atoms with Gasteiger partial charge in [-0.15, -0.1) is 0 Å². The Morgan fingerprint density at radius 3 is 2.83 bits per heavy atom. The number of nitro benzene ring substituents is 1. The Bertz CT molecular complexity index is 478. The van der Waals surface area contributed by atoms with Gasteiger partial charge >= 0.3 is 0 Å². The molecule has 0 saturated carbocycles. The Kier molecular flexibility index (Phi) is 3.55. The SMILES string of the molecule is O=CC1CCCCN1c1ccc([N+](=O)[O-])cc1F. The number of rotatable bonds is 3. The average molecular weight is 252 g/mol. The maximum Gasteiger partial charge on any atom is 0.272 e. The Balaban J connectivity index is 2.32. The molecule has 1 atom stereocenters. The number of piperidine rings is 1. The summed E-state index contributed by atoms with van der Waals surface area (Å²) in [6.07, 6.45) is 3.33. The zero-order chi connectivity index (χ0) is 13.1. The summed E-state index contributed by atoms with van der Waals surface area (Å²) in [5.74, 6) is -0.655. The van der Waals surface area contributed by atoms with E-state index >= 15 is 0 Å². The number of aldehydes is 1. The highest BCUT2D eigenvalue weighted by atomic mass is 19.1. The highest BCUT2D eigenvalue weighted by Gasteiger charge is 2.25. The molecular formula is C12H13FN2O3. The maximum atomic E-state index is 13.8. The van der Waals surface area contributed by atoms with Crippen molar-refractivity contribution < 1.29 is 14.1 Å². The topological polar surface area (TPSA) is 63.5 Å².